The van der Waals surface area contributed by atoms with E-state index in [-0.39, 0.29) is 0 Å². The van der Waals surface area contributed by atoms with Crippen LogP contribution < -0.4 is 0 Å². The Morgan fingerprint density at radius 1 is 1.11 bits per heavy atom. The molecule has 0 spiro atoms. The Bertz CT molecular complexity index is 734. The molecule has 0 aliphatic rings. The first-order chi connectivity index (χ1) is 8.66. The number of nitrogens with zero attached hydrogens (tertiary/aromatic N) is 5. The van der Waals surface area contributed by atoms with Crippen molar-refractivity contribution in [3.63, 3.8) is 0 Å². The Hall–Kier alpha value is -2.01. The minimum Gasteiger partial charge on any atom is -0.262 e. The maximum absolute atomic E-state index is 6.14. The zero-order valence-corrected chi connectivity index (χ0v) is 10.7. The molecule has 3 heterocycles. The number of aryl methyl sites for hydroxylation is 2. The third-order valence-corrected chi connectivity index (χ3v) is 3.01. The van der Waals surface area contributed by atoms with Crippen LogP contribution in [0.5, 0.6) is 0 Å². The highest BCUT2D eigenvalue weighted by atomic mass is 35.5. The number of fused-ring (bicyclic) bond motifs is 1. The minimum atomic E-state index is 0.479. The molecule has 0 saturated heterocycles. The Kier molecular flexibility index (Phi) is 2.48. The molecule has 90 valence electrons. The molecular weight excluding hydrogens is 250 g/mol. The van der Waals surface area contributed by atoms with Gasteiger partial charge in [0.25, 0.3) is 0 Å². The van der Waals surface area contributed by atoms with Gasteiger partial charge in [0.1, 0.15) is 5.15 Å². The van der Waals surface area contributed by atoms with Gasteiger partial charge in [-0.25, -0.2) is 0 Å². The molecule has 0 radical (unpaired) electrons. The van der Waals surface area contributed by atoms with Gasteiger partial charge in [-0.2, -0.15) is 0 Å². The van der Waals surface area contributed by atoms with Gasteiger partial charge < -0.3 is 0 Å². The molecule has 0 aromatic carbocycles. The lowest BCUT2D eigenvalue weighted by Crippen LogP contribution is -1.96. The fourth-order valence-corrected chi connectivity index (χ4v) is 2.13. The Balaban J connectivity index is 2.32. The Morgan fingerprint density at radius 3 is 2.72 bits per heavy atom. The van der Waals surface area contributed by atoms with Crippen molar-refractivity contribution in [2.75, 3.05) is 0 Å². The molecule has 0 aliphatic heterocycles. The first-order valence-electron chi connectivity index (χ1n) is 5.46. The van der Waals surface area contributed by atoms with Crippen LogP contribution in [0.25, 0.3) is 17.0 Å². The van der Waals surface area contributed by atoms with Crippen LogP contribution in [0.3, 0.4) is 0 Å². The van der Waals surface area contributed by atoms with Crippen molar-refractivity contribution in [1.29, 1.82) is 0 Å². The summed E-state index contributed by atoms with van der Waals surface area (Å²) in [5.74, 6) is 0.683. The maximum Gasteiger partial charge on any atom is 0.180 e. The van der Waals surface area contributed by atoms with E-state index < -0.39 is 0 Å². The lowest BCUT2D eigenvalue weighted by molar-refractivity contribution is 1.07. The second-order valence-electron chi connectivity index (χ2n) is 4.03. The molecule has 0 saturated carbocycles. The topological polar surface area (TPSA) is 56.0 Å². The van der Waals surface area contributed by atoms with Crippen molar-refractivity contribution < 1.29 is 0 Å². The highest BCUT2D eigenvalue weighted by molar-refractivity contribution is 6.29. The van der Waals surface area contributed by atoms with E-state index in [2.05, 4.69) is 20.2 Å². The summed E-state index contributed by atoms with van der Waals surface area (Å²) in [7, 11) is 0. The largest absolute Gasteiger partial charge is 0.262 e. The van der Waals surface area contributed by atoms with Crippen molar-refractivity contribution in [2.45, 2.75) is 13.8 Å². The molecule has 0 fully saturated rings. The molecule has 5 nitrogen and oxygen atoms in total. The van der Waals surface area contributed by atoms with Crippen molar-refractivity contribution in [3.8, 4) is 11.4 Å². The second-order valence-corrected chi connectivity index (χ2v) is 4.42. The third kappa shape index (κ3) is 1.64. The summed E-state index contributed by atoms with van der Waals surface area (Å²) in [6.45, 7) is 3.90. The van der Waals surface area contributed by atoms with Crippen LogP contribution in [0, 0.1) is 13.8 Å². The van der Waals surface area contributed by atoms with E-state index >= 15 is 0 Å². The summed E-state index contributed by atoms with van der Waals surface area (Å²) in [5, 5.41) is 8.70. The molecule has 0 bridgehead atoms. The third-order valence-electron chi connectivity index (χ3n) is 2.74. The van der Waals surface area contributed by atoms with Gasteiger partial charge in [-0.1, -0.05) is 11.6 Å². The summed E-state index contributed by atoms with van der Waals surface area (Å²) >= 11 is 6.14. The van der Waals surface area contributed by atoms with E-state index in [1.54, 1.807) is 16.8 Å². The van der Waals surface area contributed by atoms with Crippen LogP contribution in [-0.4, -0.2) is 24.6 Å². The van der Waals surface area contributed by atoms with Crippen LogP contribution in [-0.2, 0) is 0 Å². The Morgan fingerprint density at radius 2 is 1.94 bits per heavy atom. The molecule has 0 unspecified atom stereocenters. The average Bonchev–Trinajstić information content (AvgIpc) is 2.74. The predicted molar refractivity (Wildman–Crippen MR) is 68.5 cm³/mol. The minimum absolute atomic E-state index is 0.479. The van der Waals surface area contributed by atoms with E-state index in [9.17, 15) is 0 Å². The molecule has 3 rings (SSSR count). The van der Waals surface area contributed by atoms with Gasteiger partial charge >= 0.3 is 0 Å². The van der Waals surface area contributed by atoms with Gasteiger partial charge in [0.15, 0.2) is 11.5 Å². The fourth-order valence-electron chi connectivity index (χ4n) is 1.91. The number of aromatic nitrogens is 5. The average molecular weight is 260 g/mol. The van der Waals surface area contributed by atoms with E-state index in [4.69, 9.17) is 11.6 Å². The zero-order valence-electron chi connectivity index (χ0n) is 9.92. The van der Waals surface area contributed by atoms with Gasteiger partial charge in [0, 0.05) is 17.0 Å². The summed E-state index contributed by atoms with van der Waals surface area (Å²) in [6, 6.07) is 3.92. The van der Waals surface area contributed by atoms with Crippen LogP contribution >= 0.6 is 11.6 Å². The van der Waals surface area contributed by atoms with Gasteiger partial charge in [-0.15, -0.1) is 10.2 Å². The summed E-state index contributed by atoms with van der Waals surface area (Å²) < 4.78 is 1.76. The molecule has 3 aromatic rings. The molecule has 0 amide bonds. The normalized spacial score (nSPS) is 11.1. The standard InChI is InChI=1S/C12H10ClN5/c1-7-3-4-9(8(2)15-7)12-17-16-11-6-14-5-10(13)18(11)12/h3-6H,1-2H3. The molecular formula is C12H10ClN5. The first-order valence-corrected chi connectivity index (χ1v) is 5.84. The number of hydrogen-bond acceptors (Lipinski definition) is 4. The van der Waals surface area contributed by atoms with E-state index in [1.165, 1.54) is 0 Å². The summed E-state index contributed by atoms with van der Waals surface area (Å²) in [5.41, 5.74) is 3.41. The zero-order chi connectivity index (χ0) is 12.7. The molecule has 0 atom stereocenters. The van der Waals surface area contributed by atoms with Crippen LogP contribution in [0.4, 0.5) is 0 Å². The number of halogens is 1. The highest BCUT2D eigenvalue weighted by Crippen LogP contribution is 2.23. The van der Waals surface area contributed by atoms with E-state index in [1.807, 2.05) is 26.0 Å². The number of hydrogen-bond donors (Lipinski definition) is 0. The maximum atomic E-state index is 6.14. The van der Waals surface area contributed by atoms with E-state index in [0.29, 0.717) is 16.6 Å². The van der Waals surface area contributed by atoms with Crippen molar-refractivity contribution in [1.82, 2.24) is 24.6 Å². The lowest BCUT2D eigenvalue weighted by Gasteiger charge is -2.05. The highest BCUT2D eigenvalue weighted by Gasteiger charge is 2.13. The fraction of sp³-hybridized carbons (Fsp3) is 0.167. The van der Waals surface area contributed by atoms with Gasteiger partial charge in [0.2, 0.25) is 0 Å². The quantitative estimate of drug-likeness (QED) is 0.674. The molecule has 6 heteroatoms. The van der Waals surface area contributed by atoms with Crippen LogP contribution in [0.15, 0.2) is 24.5 Å². The number of rotatable bonds is 1. The van der Waals surface area contributed by atoms with E-state index in [0.717, 1.165) is 17.0 Å². The number of pyridine rings is 1. The SMILES string of the molecule is Cc1ccc(-c2nnc3cncc(Cl)n23)c(C)n1. The smallest absolute Gasteiger partial charge is 0.180 e. The van der Waals surface area contributed by atoms with Gasteiger partial charge in [-0.3, -0.25) is 14.4 Å². The van der Waals surface area contributed by atoms with Crippen LogP contribution in [0.2, 0.25) is 5.15 Å². The van der Waals surface area contributed by atoms with Gasteiger partial charge in [-0.05, 0) is 26.0 Å². The molecule has 0 N–H and O–H groups in total. The Labute approximate surface area is 108 Å². The second kappa shape index (κ2) is 4.03. The summed E-state index contributed by atoms with van der Waals surface area (Å²) in [4.78, 5) is 8.41. The first kappa shape index (κ1) is 11.1. The summed E-state index contributed by atoms with van der Waals surface area (Å²) in [6.07, 6.45) is 3.19. The molecule has 0 aliphatic carbocycles. The monoisotopic (exact) mass is 259 g/mol. The van der Waals surface area contributed by atoms with Crippen molar-refractivity contribution >= 4 is 17.2 Å². The predicted octanol–water partition coefficient (Wildman–Crippen LogP) is 2.46. The molecule has 3 aromatic heterocycles. The van der Waals surface area contributed by atoms with Gasteiger partial charge in [0.05, 0.1) is 12.4 Å². The molecule has 18 heavy (non-hydrogen) atoms. The van der Waals surface area contributed by atoms with Crippen LogP contribution in [0.1, 0.15) is 11.4 Å². The van der Waals surface area contributed by atoms with Crippen molar-refractivity contribution in [3.05, 3.63) is 41.1 Å². The van der Waals surface area contributed by atoms with Crippen molar-refractivity contribution in [2.24, 2.45) is 0 Å². The lowest BCUT2D eigenvalue weighted by atomic mass is 10.2.